The molecule has 0 radical (unpaired) electrons. The van der Waals surface area contributed by atoms with E-state index in [0.717, 1.165) is 24.2 Å². The summed E-state index contributed by atoms with van der Waals surface area (Å²) in [6.45, 7) is 17.5. The van der Waals surface area contributed by atoms with Gasteiger partial charge in [0.2, 0.25) is 0 Å². The maximum Gasteiger partial charge on any atom is 0.313 e. The van der Waals surface area contributed by atoms with Gasteiger partial charge < -0.3 is 4.74 Å². The molecule has 25 heavy (non-hydrogen) atoms. The predicted molar refractivity (Wildman–Crippen MR) is 103 cm³/mol. The van der Waals surface area contributed by atoms with E-state index in [1.54, 1.807) is 0 Å². The number of carbonyl (C=O) groups excluding carboxylic acids is 1. The Labute approximate surface area is 155 Å². The fraction of sp³-hybridized carbons (Fsp3) is 0.957. The zero-order chi connectivity index (χ0) is 18.8. The zero-order valence-electron chi connectivity index (χ0n) is 17.9. The van der Waals surface area contributed by atoms with Crippen molar-refractivity contribution >= 4 is 5.97 Å². The second kappa shape index (κ2) is 5.73. The van der Waals surface area contributed by atoms with Gasteiger partial charge in [0.25, 0.3) is 0 Å². The molecule has 144 valence electrons. The van der Waals surface area contributed by atoms with E-state index >= 15 is 0 Å². The first kappa shape index (κ1) is 19.2. The second-order valence-corrected chi connectivity index (χ2v) is 11.4. The van der Waals surface area contributed by atoms with E-state index < -0.39 is 5.41 Å². The minimum absolute atomic E-state index is 0.0245. The number of esters is 1. The SMILES string of the molecule is CCC(C)C(C)(C(=O)OC(C)(C)C12CC3CC(C1)C(C3)C2)C(C)(C)C. The standard InChI is InChI=1S/C23H40O2/c1-9-15(2)22(8,20(3,4)5)19(24)25-21(6,7)23-12-16-10-17(13-23)18(11-16)14-23/h15-18H,9-14H2,1-8H3. The Balaban J connectivity index is 1.84. The van der Waals surface area contributed by atoms with Crippen LogP contribution >= 0.6 is 0 Å². The van der Waals surface area contributed by atoms with Crippen molar-refractivity contribution in [1.29, 1.82) is 0 Å². The van der Waals surface area contributed by atoms with Gasteiger partial charge in [0.15, 0.2) is 0 Å². The van der Waals surface area contributed by atoms with E-state index in [4.69, 9.17) is 4.74 Å². The van der Waals surface area contributed by atoms with Crippen LogP contribution in [0.2, 0.25) is 0 Å². The maximum atomic E-state index is 13.5. The third kappa shape index (κ3) is 2.69. The molecule has 4 unspecified atom stereocenters. The monoisotopic (exact) mass is 348 g/mol. The summed E-state index contributed by atoms with van der Waals surface area (Å²) in [6, 6.07) is 0. The van der Waals surface area contributed by atoms with Crippen molar-refractivity contribution in [3.05, 3.63) is 0 Å². The summed E-state index contributed by atoms with van der Waals surface area (Å²) in [5.41, 5.74) is -0.686. The van der Waals surface area contributed by atoms with Crippen molar-refractivity contribution < 1.29 is 9.53 Å². The van der Waals surface area contributed by atoms with Crippen LogP contribution in [0.25, 0.3) is 0 Å². The molecular formula is C23H40O2. The van der Waals surface area contributed by atoms with Crippen LogP contribution in [0.4, 0.5) is 0 Å². The van der Waals surface area contributed by atoms with Gasteiger partial charge in [0.1, 0.15) is 5.60 Å². The molecule has 0 heterocycles. The molecule has 0 aromatic rings. The molecule has 0 saturated heterocycles. The molecule has 2 heteroatoms. The molecule has 4 fully saturated rings. The molecule has 0 spiro atoms. The summed E-state index contributed by atoms with van der Waals surface area (Å²) in [4.78, 5) is 13.5. The molecule has 4 rings (SSSR count). The predicted octanol–water partition coefficient (Wildman–Crippen LogP) is 6.23. The quantitative estimate of drug-likeness (QED) is 0.550. The van der Waals surface area contributed by atoms with E-state index in [1.165, 1.54) is 32.1 Å². The number of ether oxygens (including phenoxy) is 1. The molecular weight excluding hydrogens is 308 g/mol. The van der Waals surface area contributed by atoms with Gasteiger partial charge in [-0.3, -0.25) is 4.79 Å². The highest BCUT2D eigenvalue weighted by Gasteiger charge is 2.63. The number of hydrogen-bond acceptors (Lipinski definition) is 2. The zero-order valence-corrected chi connectivity index (χ0v) is 17.9. The molecule has 4 bridgehead atoms. The largest absolute Gasteiger partial charge is 0.459 e. The molecule has 0 aromatic carbocycles. The summed E-state index contributed by atoms with van der Waals surface area (Å²) >= 11 is 0. The Morgan fingerprint density at radius 1 is 1.04 bits per heavy atom. The lowest BCUT2D eigenvalue weighted by Crippen LogP contribution is -2.54. The van der Waals surface area contributed by atoms with Gasteiger partial charge in [-0.15, -0.1) is 0 Å². The molecule has 4 aliphatic rings. The van der Waals surface area contributed by atoms with Gasteiger partial charge in [-0.1, -0.05) is 41.0 Å². The first-order chi connectivity index (χ1) is 11.4. The van der Waals surface area contributed by atoms with Crippen LogP contribution in [0.3, 0.4) is 0 Å². The van der Waals surface area contributed by atoms with Crippen LogP contribution in [-0.4, -0.2) is 11.6 Å². The van der Waals surface area contributed by atoms with Gasteiger partial charge in [0, 0.05) is 5.41 Å². The molecule has 4 aliphatic carbocycles. The van der Waals surface area contributed by atoms with Crippen LogP contribution in [-0.2, 0) is 9.53 Å². The van der Waals surface area contributed by atoms with E-state index in [2.05, 4.69) is 55.4 Å². The lowest BCUT2D eigenvalue weighted by atomic mass is 9.59. The summed E-state index contributed by atoms with van der Waals surface area (Å²) < 4.78 is 6.44. The number of rotatable bonds is 5. The first-order valence-corrected chi connectivity index (χ1v) is 10.6. The maximum absolute atomic E-state index is 13.5. The summed E-state index contributed by atoms with van der Waals surface area (Å²) in [7, 11) is 0. The van der Waals surface area contributed by atoms with Crippen LogP contribution in [0.5, 0.6) is 0 Å². The Hall–Kier alpha value is -0.530. The molecule has 4 saturated carbocycles. The Kier molecular flexibility index (Phi) is 4.41. The summed E-state index contributed by atoms with van der Waals surface area (Å²) in [6.07, 6.45) is 7.70. The molecule has 4 atom stereocenters. The van der Waals surface area contributed by atoms with E-state index in [0.29, 0.717) is 5.92 Å². The van der Waals surface area contributed by atoms with Crippen molar-refractivity contribution in [2.24, 2.45) is 39.9 Å². The third-order valence-electron chi connectivity index (χ3n) is 9.13. The Morgan fingerprint density at radius 3 is 1.96 bits per heavy atom. The summed E-state index contributed by atoms with van der Waals surface area (Å²) in [5.74, 6) is 3.03. The van der Waals surface area contributed by atoms with Gasteiger partial charge in [-0.2, -0.15) is 0 Å². The Morgan fingerprint density at radius 2 is 1.56 bits per heavy atom. The van der Waals surface area contributed by atoms with Crippen molar-refractivity contribution in [2.45, 2.75) is 99.5 Å². The van der Waals surface area contributed by atoms with Crippen LogP contribution < -0.4 is 0 Å². The van der Waals surface area contributed by atoms with E-state index in [1.807, 2.05) is 0 Å². The van der Waals surface area contributed by atoms with E-state index in [9.17, 15) is 4.79 Å². The second-order valence-electron chi connectivity index (χ2n) is 11.4. The van der Waals surface area contributed by atoms with Gasteiger partial charge in [-0.05, 0) is 82.0 Å². The fourth-order valence-electron chi connectivity index (χ4n) is 6.65. The van der Waals surface area contributed by atoms with Crippen molar-refractivity contribution in [3.63, 3.8) is 0 Å². The molecule has 0 N–H and O–H groups in total. The first-order valence-electron chi connectivity index (χ1n) is 10.6. The van der Waals surface area contributed by atoms with Crippen LogP contribution in [0.15, 0.2) is 0 Å². The van der Waals surface area contributed by atoms with Gasteiger partial charge >= 0.3 is 5.97 Å². The third-order valence-corrected chi connectivity index (χ3v) is 9.13. The molecule has 0 aromatic heterocycles. The van der Waals surface area contributed by atoms with Gasteiger partial charge in [-0.25, -0.2) is 0 Å². The van der Waals surface area contributed by atoms with Crippen LogP contribution in [0, 0.1) is 39.9 Å². The normalized spacial score (nSPS) is 37.8. The number of carbonyl (C=O) groups is 1. The highest BCUT2D eigenvalue weighted by molar-refractivity contribution is 5.78. The lowest BCUT2D eigenvalue weighted by Gasteiger charge is -2.51. The topological polar surface area (TPSA) is 26.3 Å². The minimum Gasteiger partial charge on any atom is -0.459 e. The molecule has 0 amide bonds. The average Bonchev–Trinajstić information content (AvgIpc) is 2.91. The highest BCUT2D eigenvalue weighted by Crippen LogP contribution is 2.68. The molecule has 2 nitrogen and oxygen atoms in total. The van der Waals surface area contributed by atoms with Gasteiger partial charge in [0.05, 0.1) is 5.41 Å². The smallest absolute Gasteiger partial charge is 0.313 e. The minimum atomic E-state index is -0.453. The van der Waals surface area contributed by atoms with Crippen molar-refractivity contribution in [3.8, 4) is 0 Å². The average molecular weight is 349 g/mol. The van der Waals surface area contributed by atoms with Crippen LogP contribution in [0.1, 0.15) is 93.9 Å². The molecule has 0 aliphatic heterocycles. The summed E-state index contributed by atoms with van der Waals surface area (Å²) in [5, 5.41) is 0. The number of hydrogen-bond donors (Lipinski definition) is 0. The highest BCUT2D eigenvalue weighted by atomic mass is 16.6. The Bertz CT molecular complexity index is 521. The fourth-order valence-corrected chi connectivity index (χ4v) is 6.65. The van der Waals surface area contributed by atoms with Crippen molar-refractivity contribution in [1.82, 2.24) is 0 Å². The van der Waals surface area contributed by atoms with Crippen molar-refractivity contribution in [2.75, 3.05) is 0 Å². The van der Waals surface area contributed by atoms with E-state index in [-0.39, 0.29) is 22.4 Å². The lowest BCUT2D eigenvalue weighted by molar-refractivity contribution is -0.198.